The summed E-state index contributed by atoms with van der Waals surface area (Å²) in [6.07, 6.45) is -4.37. The van der Waals surface area contributed by atoms with Crippen LogP contribution in [-0.4, -0.2) is 4.74 Å². The van der Waals surface area contributed by atoms with E-state index in [1.54, 1.807) is 24.3 Å². The third-order valence-corrected chi connectivity index (χ3v) is 3.16. The highest BCUT2D eigenvalue weighted by atomic mass is 19.4. The summed E-state index contributed by atoms with van der Waals surface area (Å²) in [7, 11) is 0. The fourth-order valence-corrected chi connectivity index (χ4v) is 2.09. The van der Waals surface area contributed by atoms with Gasteiger partial charge in [0, 0.05) is 0 Å². The molecular formula is C15H10F3NO2. The van der Waals surface area contributed by atoms with E-state index >= 15 is 0 Å². The van der Waals surface area contributed by atoms with Crippen molar-refractivity contribution in [1.82, 2.24) is 4.74 Å². The van der Waals surface area contributed by atoms with Gasteiger partial charge in [0.05, 0.1) is 17.5 Å². The van der Waals surface area contributed by atoms with E-state index in [-0.39, 0.29) is 12.1 Å². The highest BCUT2D eigenvalue weighted by Gasteiger charge is 2.29. The van der Waals surface area contributed by atoms with E-state index in [1.807, 2.05) is 0 Å². The molecule has 3 rings (SSSR count). The Morgan fingerprint density at radius 2 is 1.67 bits per heavy atom. The molecule has 0 spiro atoms. The summed E-state index contributed by atoms with van der Waals surface area (Å²) in [5.74, 6) is 0. The second kappa shape index (κ2) is 4.80. The third kappa shape index (κ3) is 2.56. The lowest BCUT2D eigenvalue weighted by Gasteiger charge is -2.07. The quantitative estimate of drug-likeness (QED) is 0.722. The molecule has 1 aromatic heterocycles. The van der Waals surface area contributed by atoms with Gasteiger partial charge in [-0.3, -0.25) is 4.79 Å². The molecule has 0 aliphatic heterocycles. The number of rotatable bonds is 2. The van der Waals surface area contributed by atoms with Gasteiger partial charge in [-0.05, 0) is 29.8 Å². The number of fused-ring (bicyclic) bond motifs is 1. The lowest BCUT2D eigenvalue weighted by atomic mass is 10.1. The maximum Gasteiger partial charge on any atom is 0.416 e. The largest absolute Gasteiger partial charge is 0.416 e. The van der Waals surface area contributed by atoms with Crippen LogP contribution in [-0.2, 0) is 12.7 Å². The van der Waals surface area contributed by atoms with Crippen molar-refractivity contribution in [2.75, 3.05) is 0 Å². The predicted octanol–water partition coefficient (Wildman–Crippen LogP) is 3.66. The molecule has 0 saturated heterocycles. The number of hydrogen-bond donors (Lipinski definition) is 0. The Labute approximate surface area is 117 Å². The van der Waals surface area contributed by atoms with Crippen LogP contribution in [0.5, 0.6) is 0 Å². The summed E-state index contributed by atoms with van der Waals surface area (Å²) in [5.41, 5.74) is -0.00716. The number of alkyl halides is 3. The molecule has 108 valence electrons. The van der Waals surface area contributed by atoms with Gasteiger partial charge in [-0.1, -0.05) is 24.3 Å². The summed E-state index contributed by atoms with van der Waals surface area (Å²) < 4.78 is 43.9. The first-order valence-electron chi connectivity index (χ1n) is 6.20. The van der Waals surface area contributed by atoms with E-state index in [0.717, 1.165) is 16.9 Å². The number of para-hydroxylation sites is 1. The van der Waals surface area contributed by atoms with Gasteiger partial charge < -0.3 is 4.52 Å². The Balaban J connectivity index is 1.92. The fourth-order valence-electron chi connectivity index (χ4n) is 2.09. The van der Waals surface area contributed by atoms with Crippen LogP contribution < -0.4 is 5.56 Å². The molecule has 0 amide bonds. The van der Waals surface area contributed by atoms with Crippen molar-refractivity contribution in [3.8, 4) is 0 Å². The molecule has 0 unspecified atom stereocenters. The number of benzene rings is 2. The highest BCUT2D eigenvalue weighted by molar-refractivity contribution is 5.75. The smallest absolute Gasteiger partial charge is 0.375 e. The summed E-state index contributed by atoms with van der Waals surface area (Å²) in [6, 6.07) is 11.4. The second-order valence-corrected chi connectivity index (χ2v) is 4.62. The molecule has 3 nitrogen and oxygen atoms in total. The van der Waals surface area contributed by atoms with E-state index in [9.17, 15) is 18.0 Å². The van der Waals surface area contributed by atoms with Crippen molar-refractivity contribution in [3.05, 3.63) is 70.0 Å². The van der Waals surface area contributed by atoms with Crippen molar-refractivity contribution < 1.29 is 17.7 Å². The van der Waals surface area contributed by atoms with Crippen LogP contribution in [0.2, 0.25) is 0 Å². The molecule has 0 bridgehead atoms. The van der Waals surface area contributed by atoms with Crippen LogP contribution >= 0.6 is 0 Å². The van der Waals surface area contributed by atoms with Crippen LogP contribution in [0.15, 0.2) is 57.8 Å². The van der Waals surface area contributed by atoms with Crippen LogP contribution in [0, 0.1) is 0 Å². The van der Waals surface area contributed by atoms with Gasteiger partial charge in [0.15, 0.2) is 5.58 Å². The van der Waals surface area contributed by atoms with Crippen LogP contribution in [0.25, 0.3) is 11.0 Å². The summed E-state index contributed by atoms with van der Waals surface area (Å²) >= 11 is 0. The molecule has 2 aromatic carbocycles. The molecular weight excluding hydrogens is 283 g/mol. The van der Waals surface area contributed by atoms with E-state index in [1.165, 1.54) is 12.1 Å². The zero-order chi connectivity index (χ0) is 15.0. The van der Waals surface area contributed by atoms with E-state index in [4.69, 9.17) is 4.52 Å². The topological polar surface area (TPSA) is 35.1 Å². The van der Waals surface area contributed by atoms with E-state index < -0.39 is 11.7 Å². The fraction of sp³-hybridized carbons (Fsp3) is 0.133. The van der Waals surface area contributed by atoms with Crippen molar-refractivity contribution >= 4 is 11.0 Å². The first kappa shape index (κ1) is 13.5. The average molecular weight is 293 g/mol. The first-order valence-corrected chi connectivity index (χ1v) is 6.20. The van der Waals surface area contributed by atoms with Gasteiger partial charge in [-0.15, -0.1) is 0 Å². The molecule has 21 heavy (non-hydrogen) atoms. The molecule has 6 heteroatoms. The Morgan fingerprint density at radius 3 is 2.29 bits per heavy atom. The van der Waals surface area contributed by atoms with Crippen LogP contribution in [0.4, 0.5) is 13.2 Å². The lowest BCUT2D eigenvalue weighted by molar-refractivity contribution is -0.137. The molecule has 0 fully saturated rings. The normalized spacial score (nSPS) is 12.0. The number of nitrogens with zero attached hydrogens (tertiary/aromatic N) is 1. The number of halogens is 3. The van der Waals surface area contributed by atoms with Gasteiger partial charge in [-0.2, -0.15) is 17.9 Å². The number of aromatic nitrogens is 1. The summed E-state index contributed by atoms with van der Waals surface area (Å²) in [4.78, 5) is 12.0. The van der Waals surface area contributed by atoms with Gasteiger partial charge in [0.1, 0.15) is 0 Å². The summed E-state index contributed by atoms with van der Waals surface area (Å²) in [6.45, 7) is 0.0889. The predicted molar refractivity (Wildman–Crippen MR) is 71.0 cm³/mol. The summed E-state index contributed by atoms with van der Waals surface area (Å²) in [5, 5.41) is 0.449. The lowest BCUT2D eigenvalue weighted by Crippen LogP contribution is -2.15. The first-order chi connectivity index (χ1) is 9.95. The SMILES string of the molecule is O=c1c2ccccc2on1Cc1ccc(C(F)(F)F)cc1. The van der Waals surface area contributed by atoms with Crippen molar-refractivity contribution in [1.29, 1.82) is 0 Å². The van der Waals surface area contributed by atoms with Gasteiger partial charge in [-0.25, -0.2) is 0 Å². The molecule has 0 aliphatic carbocycles. The van der Waals surface area contributed by atoms with Crippen molar-refractivity contribution in [2.45, 2.75) is 12.7 Å². The van der Waals surface area contributed by atoms with E-state index in [2.05, 4.69) is 0 Å². The van der Waals surface area contributed by atoms with Crippen molar-refractivity contribution in [3.63, 3.8) is 0 Å². The standard InChI is InChI=1S/C15H10F3NO2/c16-15(17,18)11-7-5-10(6-8-11)9-19-14(20)12-3-1-2-4-13(12)21-19/h1-8H,9H2. The minimum atomic E-state index is -4.37. The highest BCUT2D eigenvalue weighted by Crippen LogP contribution is 2.29. The van der Waals surface area contributed by atoms with Crippen molar-refractivity contribution in [2.24, 2.45) is 0 Å². The molecule has 0 saturated carbocycles. The monoisotopic (exact) mass is 293 g/mol. The Hall–Kier alpha value is -2.50. The van der Waals surface area contributed by atoms with Gasteiger partial charge in [0.2, 0.25) is 0 Å². The Kier molecular flexibility index (Phi) is 3.08. The molecule has 3 aromatic rings. The minimum absolute atomic E-state index is 0.0889. The van der Waals surface area contributed by atoms with Gasteiger partial charge >= 0.3 is 6.18 Å². The molecule has 0 radical (unpaired) electrons. The maximum atomic E-state index is 12.5. The van der Waals surface area contributed by atoms with Gasteiger partial charge in [0.25, 0.3) is 5.56 Å². The number of hydrogen-bond acceptors (Lipinski definition) is 2. The zero-order valence-electron chi connectivity index (χ0n) is 10.7. The average Bonchev–Trinajstić information content (AvgIpc) is 2.76. The second-order valence-electron chi connectivity index (χ2n) is 4.62. The molecule has 1 heterocycles. The minimum Gasteiger partial charge on any atom is -0.375 e. The van der Waals surface area contributed by atoms with E-state index in [0.29, 0.717) is 16.5 Å². The molecule has 0 atom stereocenters. The Bertz CT molecular complexity index is 828. The zero-order valence-corrected chi connectivity index (χ0v) is 10.7. The molecule has 0 N–H and O–H groups in total. The molecule has 0 aliphatic rings. The van der Waals surface area contributed by atoms with Crippen LogP contribution in [0.3, 0.4) is 0 Å². The van der Waals surface area contributed by atoms with Crippen LogP contribution in [0.1, 0.15) is 11.1 Å². The Morgan fingerprint density at radius 1 is 1.00 bits per heavy atom. The third-order valence-electron chi connectivity index (χ3n) is 3.16. The maximum absolute atomic E-state index is 12.5.